The van der Waals surface area contributed by atoms with Crippen molar-refractivity contribution in [2.24, 2.45) is 0 Å². The molecular formula is C6H7NaO4S. The van der Waals surface area contributed by atoms with Gasteiger partial charge in [-0.25, -0.2) is 0 Å². The van der Waals surface area contributed by atoms with Crippen molar-refractivity contribution in [1.29, 1.82) is 0 Å². The van der Waals surface area contributed by atoms with Gasteiger partial charge in [0.05, 0.1) is 0 Å². The van der Waals surface area contributed by atoms with Crippen molar-refractivity contribution in [2.45, 2.75) is 0 Å². The molecular weight excluding hydrogens is 191 g/mol. The van der Waals surface area contributed by atoms with Crippen LogP contribution in [0.3, 0.4) is 0 Å². The van der Waals surface area contributed by atoms with E-state index >= 15 is 0 Å². The molecule has 62 valence electrons. The first-order valence-electron chi connectivity index (χ1n) is 2.80. The SMILES string of the molecule is O=S(=O)(O)Oc1ccccc1.[H-].[Na+]. The first-order valence-corrected chi connectivity index (χ1v) is 4.16. The van der Waals surface area contributed by atoms with Gasteiger partial charge in [0.1, 0.15) is 5.75 Å². The quantitative estimate of drug-likeness (QED) is 0.440. The van der Waals surface area contributed by atoms with Gasteiger partial charge in [-0.2, -0.15) is 8.42 Å². The smallest absolute Gasteiger partial charge is 1.00 e. The van der Waals surface area contributed by atoms with Crippen molar-refractivity contribution in [3.05, 3.63) is 30.3 Å². The summed E-state index contributed by atoms with van der Waals surface area (Å²) in [5.74, 6) is 0.0926. The molecule has 0 aliphatic carbocycles. The van der Waals surface area contributed by atoms with Crippen LogP contribution >= 0.6 is 0 Å². The topological polar surface area (TPSA) is 63.6 Å². The molecule has 0 radical (unpaired) electrons. The summed E-state index contributed by atoms with van der Waals surface area (Å²) in [7, 11) is -4.38. The first kappa shape index (κ1) is 11.9. The second kappa shape index (κ2) is 4.84. The Labute approximate surface area is 94.3 Å². The normalized spacial score (nSPS) is 10.1. The molecule has 6 heteroatoms. The maximum Gasteiger partial charge on any atom is 1.00 e. The molecule has 0 unspecified atom stereocenters. The van der Waals surface area contributed by atoms with Crippen molar-refractivity contribution in [3.63, 3.8) is 0 Å². The van der Waals surface area contributed by atoms with Crippen LogP contribution in [0.1, 0.15) is 1.43 Å². The Kier molecular flexibility index (Phi) is 4.81. The van der Waals surface area contributed by atoms with Gasteiger partial charge < -0.3 is 5.61 Å². The van der Waals surface area contributed by atoms with Crippen molar-refractivity contribution in [2.75, 3.05) is 0 Å². The van der Waals surface area contributed by atoms with Gasteiger partial charge in [-0.15, -0.1) is 0 Å². The molecule has 0 bridgehead atoms. The maximum absolute atomic E-state index is 10.1. The average molecular weight is 198 g/mol. The zero-order chi connectivity index (χ0) is 8.32. The molecule has 0 spiro atoms. The van der Waals surface area contributed by atoms with Gasteiger partial charge in [-0.05, 0) is 12.1 Å². The number of rotatable bonds is 2. The summed E-state index contributed by atoms with van der Waals surface area (Å²) in [6.45, 7) is 0. The molecule has 0 heterocycles. The Hall–Kier alpha value is -0.0700. The van der Waals surface area contributed by atoms with Crippen molar-refractivity contribution in [1.82, 2.24) is 0 Å². The summed E-state index contributed by atoms with van der Waals surface area (Å²) >= 11 is 0. The van der Waals surface area contributed by atoms with Gasteiger partial charge in [0.2, 0.25) is 0 Å². The Bertz CT molecular complexity index is 326. The van der Waals surface area contributed by atoms with Crippen molar-refractivity contribution >= 4 is 10.4 Å². The number of benzene rings is 1. The first-order chi connectivity index (χ1) is 5.08. The summed E-state index contributed by atoms with van der Waals surface area (Å²) in [6.07, 6.45) is 0. The fraction of sp³-hybridized carbons (Fsp3) is 0. The summed E-state index contributed by atoms with van der Waals surface area (Å²) in [5, 5.41) is 0. The van der Waals surface area contributed by atoms with Gasteiger partial charge in [0.25, 0.3) is 0 Å². The zero-order valence-electron chi connectivity index (χ0n) is 7.47. The van der Waals surface area contributed by atoms with E-state index in [0.717, 1.165) is 0 Å². The second-order valence-corrected chi connectivity index (χ2v) is 2.85. The molecule has 1 aromatic carbocycles. The van der Waals surface area contributed by atoms with E-state index in [1.807, 2.05) is 0 Å². The largest absolute Gasteiger partial charge is 1.00 e. The third kappa shape index (κ3) is 4.74. The molecule has 0 saturated carbocycles. The van der Waals surface area contributed by atoms with E-state index < -0.39 is 10.4 Å². The maximum atomic E-state index is 10.1. The van der Waals surface area contributed by atoms with Crippen LogP contribution in [-0.2, 0) is 10.4 Å². The van der Waals surface area contributed by atoms with Crippen LogP contribution in [0.4, 0.5) is 0 Å². The number of hydrogen-bond acceptors (Lipinski definition) is 3. The van der Waals surface area contributed by atoms with Crippen LogP contribution in [0.2, 0.25) is 0 Å². The van der Waals surface area contributed by atoms with E-state index in [2.05, 4.69) is 4.18 Å². The minimum absolute atomic E-state index is 0. The molecule has 1 aromatic rings. The van der Waals surface area contributed by atoms with E-state index in [-0.39, 0.29) is 36.7 Å². The Morgan fingerprint density at radius 2 is 1.75 bits per heavy atom. The summed E-state index contributed by atoms with van der Waals surface area (Å²) < 4.78 is 32.6. The third-order valence-electron chi connectivity index (χ3n) is 0.945. The van der Waals surface area contributed by atoms with Crippen LogP contribution in [-0.4, -0.2) is 13.0 Å². The van der Waals surface area contributed by atoms with Gasteiger partial charge >= 0.3 is 40.0 Å². The fourth-order valence-corrected chi connectivity index (χ4v) is 0.952. The molecule has 4 nitrogen and oxygen atoms in total. The number of hydrogen-bond donors (Lipinski definition) is 1. The molecule has 0 amide bonds. The third-order valence-corrected chi connectivity index (χ3v) is 1.35. The molecule has 0 aliphatic heterocycles. The Morgan fingerprint density at radius 3 is 2.17 bits per heavy atom. The fourth-order valence-electron chi connectivity index (χ4n) is 0.598. The van der Waals surface area contributed by atoms with Gasteiger partial charge in [-0.1, -0.05) is 18.2 Å². The molecule has 0 aliphatic rings. The van der Waals surface area contributed by atoms with E-state index in [9.17, 15) is 8.42 Å². The predicted molar refractivity (Wildman–Crippen MR) is 39.7 cm³/mol. The second-order valence-electron chi connectivity index (χ2n) is 1.82. The molecule has 1 rings (SSSR count). The minimum atomic E-state index is -4.38. The van der Waals surface area contributed by atoms with E-state index in [0.29, 0.717) is 0 Å². The summed E-state index contributed by atoms with van der Waals surface area (Å²) in [6, 6.07) is 7.75. The van der Waals surface area contributed by atoms with E-state index in [1.54, 1.807) is 18.2 Å². The van der Waals surface area contributed by atoms with Crippen LogP contribution in [0.25, 0.3) is 0 Å². The van der Waals surface area contributed by atoms with Crippen LogP contribution < -0.4 is 33.7 Å². The van der Waals surface area contributed by atoms with Crippen LogP contribution in [0, 0.1) is 0 Å². The molecule has 12 heavy (non-hydrogen) atoms. The van der Waals surface area contributed by atoms with Gasteiger partial charge in [-0.3, -0.25) is 4.55 Å². The Balaban J connectivity index is 0. The standard InChI is InChI=1S/C6H6O4S.Na.H/c7-11(8,9)10-6-4-2-1-3-5-6;;/h1-5H,(H,7,8,9);;/q;+1;-1. The van der Waals surface area contributed by atoms with Crippen LogP contribution in [0.5, 0.6) is 5.75 Å². The monoisotopic (exact) mass is 198 g/mol. The van der Waals surface area contributed by atoms with Gasteiger partial charge in [0.15, 0.2) is 0 Å². The van der Waals surface area contributed by atoms with Crippen molar-refractivity contribution < 1.29 is 48.1 Å². The predicted octanol–water partition coefficient (Wildman–Crippen LogP) is -2.02. The van der Waals surface area contributed by atoms with E-state index in [4.69, 9.17) is 4.55 Å². The van der Waals surface area contributed by atoms with Crippen molar-refractivity contribution in [3.8, 4) is 5.75 Å². The molecule has 0 atom stereocenters. The summed E-state index contributed by atoms with van der Waals surface area (Å²) in [4.78, 5) is 0. The van der Waals surface area contributed by atoms with Crippen LogP contribution in [0.15, 0.2) is 30.3 Å². The zero-order valence-corrected chi connectivity index (χ0v) is 9.28. The molecule has 0 fully saturated rings. The minimum Gasteiger partial charge on any atom is -1.00 e. The van der Waals surface area contributed by atoms with Gasteiger partial charge in [0, 0.05) is 0 Å². The molecule has 0 saturated heterocycles. The average Bonchev–Trinajstić information content (AvgIpc) is 1.85. The molecule has 1 N–H and O–H groups in total. The molecule has 0 aromatic heterocycles. The number of para-hydroxylation sites is 1. The van der Waals surface area contributed by atoms with E-state index in [1.165, 1.54) is 12.1 Å². The Morgan fingerprint density at radius 1 is 1.25 bits per heavy atom. The summed E-state index contributed by atoms with van der Waals surface area (Å²) in [5.41, 5.74) is 0.